The molecule has 2 aromatic rings. The average molecular weight is 313 g/mol. The summed E-state index contributed by atoms with van der Waals surface area (Å²) in [5.41, 5.74) is 0.385. The van der Waals surface area contributed by atoms with Gasteiger partial charge in [0.15, 0.2) is 11.6 Å². The summed E-state index contributed by atoms with van der Waals surface area (Å²) in [5.74, 6) is -0.445. The zero-order valence-electron chi connectivity index (χ0n) is 11.2. The van der Waals surface area contributed by atoms with Gasteiger partial charge in [0.05, 0.1) is 11.7 Å². The van der Waals surface area contributed by atoms with Crippen LogP contribution in [-0.2, 0) is 0 Å². The van der Waals surface area contributed by atoms with Crippen LogP contribution >= 0.6 is 12.4 Å². The van der Waals surface area contributed by atoms with Gasteiger partial charge in [-0.15, -0.1) is 12.4 Å². The first-order chi connectivity index (χ1) is 9.72. The standard InChI is InChI=1S/C14H14F2N4.ClH/c15-9-1-2-10-14(13(9)16)19-12(6-18-10)20-4-3-8-5-17-11(8)7-20;/h1-2,6,8,11,17H,3-5,7H2;1H/t8-,11-;/m1./s1. The van der Waals surface area contributed by atoms with Crippen molar-refractivity contribution >= 4 is 29.3 Å². The highest BCUT2D eigenvalue weighted by Crippen LogP contribution is 2.27. The molecule has 0 radical (unpaired) electrons. The molecule has 112 valence electrons. The molecule has 2 atom stereocenters. The van der Waals surface area contributed by atoms with Crippen LogP contribution in [0.15, 0.2) is 18.3 Å². The monoisotopic (exact) mass is 312 g/mol. The Morgan fingerprint density at radius 2 is 2.14 bits per heavy atom. The van der Waals surface area contributed by atoms with Crippen molar-refractivity contribution in [3.8, 4) is 0 Å². The second-order valence-electron chi connectivity index (χ2n) is 5.47. The van der Waals surface area contributed by atoms with Crippen molar-refractivity contribution in [3.63, 3.8) is 0 Å². The quantitative estimate of drug-likeness (QED) is 0.876. The summed E-state index contributed by atoms with van der Waals surface area (Å²) >= 11 is 0. The first kappa shape index (κ1) is 14.4. The first-order valence-electron chi connectivity index (χ1n) is 6.81. The third-order valence-electron chi connectivity index (χ3n) is 4.32. The molecule has 7 heteroatoms. The van der Waals surface area contributed by atoms with Crippen LogP contribution in [0.3, 0.4) is 0 Å². The molecular formula is C14H15ClF2N4. The van der Waals surface area contributed by atoms with E-state index in [1.165, 1.54) is 6.07 Å². The molecular weight excluding hydrogens is 298 g/mol. The minimum Gasteiger partial charge on any atom is -0.354 e. The highest BCUT2D eigenvalue weighted by Gasteiger charge is 2.36. The van der Waals surface area contributed by atoms with E-state index >= 15 is 0 Å². The predicted molar refractivity (Wildman–Crippen MR) is 78.8 cm³/mol. The van der Waals surface area contributed by atoms with Gasteiger partial charge in [-0.05, 0) is 31.0 Å². The molecule has 2 fully saturated rings. The number of rotatable bonds is 1. The van der Waals surface area contributed by atoms with Gasteiger partial charge in [0.1, 0.15) is 11.3 Å². The summed E-state index contributed by atoms with van der Waals surface area (Å²) in [6, 6.07) is 3.01. The molecule has 0 bridgehead atoms. The van der Waals surface area contributed by atoms with E-state index in [1.807, 2.05) is 0 Å². The van der Waals surface area contributed by atoms with E-state index in [0.29, 0.717) is 17.4 Å². The lowest BCUT2D eigenvalue weighted by molar-refractivity contribution is 0.196. The lowest BCUT2D eigenvalue weighted by atomic mass is 9.85. The van der Waals surface area contributed by atoms with Gasteiger partial charge in [-0.25, -0.2) is 13.8 Å². The molecule has 1 aromatic heterocycles. The molecule has 1 N–H and O–H groups in total. The third-order valence-corrected chi connectivity index (χ3v) is 4.32. The maximum atomic E-state index is 13.8. The number of piperidine rings is 1. The molecule has 2 aliphatic rings. The van der Waals surface area contributed by atoms with E-state index in [1.54, 1.807) is 6.20 Å². The van der Waals surface area contributed by atoms with Crippen molar-refractivity contribution in [2.24, 2.45) is 5.92 Å². The minimum absolute atomic E-state index is 0. The Bertz CT molecular complexity index is 681. The number of hydrogen-bond acceptors (Lipinski definition) is 4. The van der Waals surface area contributed by atoms with Crippen LogP contribution in [0.4, 0.5) is 14.6 Å². The number of hydrogen-bond donors (Lipinski definition) is 1. The van der Waals surface area contributed by atoms with Crippen LogP contribution in [-0.4, -0.2) is 35.6 Å². The van der Waals surface area contributed by atoms with Gasteiger partial charge in [0.2, 0.25) is 0 Å². The van der Waals surface area contributed by atoms with Crippen molar-refractivity contribution in [2.45, 2.75) is 12.5 Å². The van der Waals surface area contributed by atoms with Crippen molar-refractivity contribution in [3.05, 3.63) is 30.0 Å². The van der Waals surface area contributed by atoms with E-state index in [4.69, 9.17) is 0 Å². The summed E-state index contributed by atoms with van der Waals surface area (Å²) < 4.78 is 27.1. The van der Waals surface area contributed by atoms with Crippen LogP contribution in [0, 0.1) is 17.6 Å². The van der Waals surface area contributed by atoms with Crippen LogP contribution < -0.4 is 10.2 Å². The normalized spacial score (nSPS) is 24.2. The van der Waals surface area contributed by atoms with E-state index < -0.39 is 11.6 Å². The second-order valence-corrected chi connectivity index (χ2v) is 5.47. The molecule has 0 spiro atoms. The summed E-state index contributed by atoms with van der Waals surface area (Å²) in [5, 5.41) is 3.38. The molecule has 1 aromatic carbocycles. The van der Waals surface area contributed by atoms with E-state index in [9.17, 15) is 8.78 Å². The maximum absolute atomic E-state index is 13.8. The number of fused-ring (bicyclic) bond motifs is 2. The smallest absolute Gasteiger partial charge is 0.186 e. The molecule has 4 rings (SSSR count). The number of anilines is 1. The Kier molecular flexibility index (Phi) is 3.67. The topological polar surface area (TPSA) is 41.1 Å². The maximum Gasteiger partial charge on any atom is 0.186 e. The highest BCUT2D eigenvalue weighted by molar-refractivity contribution is 5.85. The van der Waals surface area contributed by atoms with E-state index in [0.717, 1.165) is 38.0 Å². The minimum atomic E-state index is -0.923. The van der Waals surface area contributed by atoms with Crippen molar-refractivity contribution in [1.82, 2.24) is 15.3 Å². The van der Waals surface area contributed by atoms with Crippen LogP contribution in [0.25, 0.3) is 11.0 Å². The molecule has 21 heavy (non-hydrogen) atoms. The Morgan fingerprint density at radius 1 is 1.29 bits per heavy atom. The van der Waals surface area contributed by atoms with Gasteiger partial charge in [0.25, 0.3) is 0 Å². The van der Waals surface area contributed by atoms with Crippen LogP contribution in [0.5, 0.6) is 0 Å². The lowest BCUT2D eigenvalue weighted by Gasteiger charge is -2.46. The zero-order valence-corrected chi connectivity index (χ0v) is 12.0. The number of nitrogens with zero attached hydrogens (tertiary/aromatic N) is 3. The summed E-state index contributed by atoms with van der Waals surface area (Å²) in [4.78, 5) is 10.5. The Labute approximate surface area is 127 Å². The largest absolute Gasteiger partial charge is 0.354 e. The first-order valence-corrected chi connectivity index (χ1v) is 6.81. The fraction of sp³-hybridized carbons (Fsp3) is 0.429. The molecule has 0 amide bonds. The third kappa shape index (κ3) is 2.32. The summed E-state index contributed by atoms with van der Waals surface area (Å²) in [6.07, 6.45) is 2.74. The molecule has 2 aliphatic heterocycles. The second kappa shape index (κ2) is 5.35. The molecule has 3 heterocycles. The number of nitrogens with one attached hydrogen (secondary N) is 1. The van der Waals surface area contributed by atoms with Gasteiger partial charge in [0, 0.05) is 19.1 Å². The average Bonchev–Trinajstić information content (AvgIpc) is 2.44. The van der Waals surface area contributed by atoms with Gasteiger partial charge in [-0.3, -0.25) is 4.98 Å². The lowest BCUT2D eigenvalue weighted by Crippen LogP contribution is -2.62. The van der Waals surface area contributed by atoms with Gasteiger partial charge in [-0.2, -0.15) is 0 Å². The zero-order chi connectivity index (χ0) is 13.7. The molecule has 0 unspecified atom stereocenters. The van der Waals surface area contributed by atoms with Gasteiger partial charge in [-0.1, -0.05) is 0 Å². The molecule has 2 saturated heterocycles. The molecule has 0 saturated carbocycles. The molecule has 4 nitrogen and oxygen atoms in total. The molecule has 0 aliphatic carbocycles. The summed E-state index contributed by atoms with van der Waals surface area (Å²) in [7, 11) is 0. The summed E-state index contributed by atoms with van der Waals surface area (Å²) in [6.45, 7) is 2.82. The highest BCUT2D eigenvalue weighted by atomic mass is 35.5. The van der Waals surface area contributed by atoms with Crippen LogP contribution in [0.1, 0.15) is 6.42 Å². The number of benzene rings is 1. The SMILES string of the molecule is Cl.Fc1ccc2ncc(N3CC[C@@H]4CN[C@@H]4C3)nc2c1F. The fourth-order valence-corrected chi connectivity index (χ4v) is 2.99. The van der Waals surface area contributed by atoms with Gasteiger partial charge < -0.3 is 10.2 Å². The Balaban J connectivity index is 0.00000132. The van der Waals surface area contributed by atoms with E-state index in [-0.39, 0.29) is 17.9 Å². The Morgan fingerprint density at radius 3 is 2.86 bits per heavy atom. The number of halogens is 3. The van der Waals surface area contributed by atoms with E-state index in [2.05, 4.69) is 20.2 Å². The predicted octanol–water partition coefficient (Wildman–Crippen LogP) is 2.13. The van der Waals surface area contributed by atoms with Crippen molar-refractivity contribution in [2.75, 3.05) is 24.5 Å². The van der Waals surface area contributed by atoms with Crippen molar-refractivity contribution < 1.29 is 8.78 Å². The number of aromatic nitrogens is 2. The van der Waals surface area contributed by atoms with Gasteiger partial charge >= 0.3 is 0 Å². The fourth-order valence-electron chi connectivity index (χ4n) is 2.99. The Hall–Kier alpha value is -1.53. The van der Waals surface area contributed by atoms with Crippen molar-refractivity contribution in [1.29, 1.82) is 0 Å². The van der Waals surface area contributed by atoms with Crippen LogP contribution in [0.2, 0.25) is 0 Å².